The van der Waals surface area contributed by atoms with Gasteiger partial charge in [0.15, 0.2) is 4.34 Å². The van der Waals surface area contributed by atoms with Crippen LogP contribution in [0, 0.1) is 6.92 Å². The molecule has 0 saturated carbocycles. The van der Waals surface area contributed by atoms with Crippen LogP contribution < -0.4 is 4.72 Å². The Labute approximate surface area is 156 Å². The van der Waals surface area contributed by atoms with E-state index in [4.69, 9.17) is 0 Å². The van der Waals surface area contributed by atoms with Crippen molar-refractivity contribution >= 4 is 49.0 Å². The zero-order chi connectivity index (χ0) is 17.7. The van der Waals surface area contributed by atoms with E-state index < -0.39 is 10.0 Å². The third-order valence-corrected chi connectivity index (χ3v) is 7.24. The van der Waals surface area contributed by atoms with Crippen molar-refractivity contribution in [3.63, 3.8) is 0 Å². The molecule has 4 nitrogen and oxygen atoms in total. The average molecular weight is 393 g/mol. The van der Waals surface area contributed by atoms with E-state index >= 15 is 0 Å². The van der Waals surface area contributed by atoms with Crippen molar-refractivity contribution in [1.29, 1.82) is 0 Å². The molecule has 3 aromatic rings. The SMILES string of the molecule is Cc1cccc(NS(=O)(=O)CCCCSc2nc3ccccc3s2)c1. The lowest BCUT2D eigenvalue weighted by atomic mass is 10.2. The van der Waals surface area contributed by atoms with E-state index in [0.717, 1.165) is 27.6 Å². The smallest absolute Gasteiger partial charge is 0.232 e. The van der Waals surface area contributed by atoms with Gasteiger partial charge in [-0.1, -0.05) is 36.0 Å². The molecule has 0 saturated heterocycles. The number of thiazole rings is 1. The van der Waals surface area contributed by atoms with Crippen LogP contribution >= 0.6 is 23.1 Å². The number of fused-ring (bicyclic) bond motifs is 1. The lowest BCUT2D eigenvalue weighted by Gasteiger charge is -2.08. The predicted molar refractivity (Wildman–Crippen MR) is 108 cm³/mol. The van der Waals surface area contributed by atoms with Gasteiger partial charge in [-0.25, -0.2) is 13.4 Å². The van der Waals surface area contributed by atoms with Gasteiger partial charge in [0.1, 0.15) is 0 Å². The van der Waals surface area contributed by atoms with E-state index in [1.54, 1.807) is 29.2 Å². The minimum atomic E-state index is -3.29. The van der Waals surface area contributed by atoms with Crippen molar-refractivity contribution in [2.24, 2.45) is 0 Å². The quantitative estimate of drug-likeness (QED) is 0.437. The van der Waals surface area contributed by atoms with Crippen molar-refractivity contribution in [3.8, 4) is 0 Å². The molecule has 7 heteroatoms. The number of hydrogen-bond donors (Lipinski definition) is 1. The molecule has 0 fully saturated rings. The summed E-state index contributed by atoms with van der Waals surface area (Å²) in [5, 5.41) is 0. The molecular formula is C18H20N2O2S3. The van der Waals surface area contributed by atoms with E-state index in [1.165, 1.54) is 4.70 Å². The number of rotatable bonds is 8. The fraction of sp³-hybridized carbons (Fsp3) is 0.278. The summed E-state index contributed by atoms with van der Waals surface area (Å²) < 4.78 is 29.1. The van der Waals surface area contributed by atoms with Crippen LogP contribution in [0.15, 0.2) is 52.9 Å². The highest BCUT2D eigenvalue weighted by Crippen LogP contribution is 2.29. The fourth-order valence-corrected chi connectivity index (χ4v) is 5.72. The Balaban J connectivity index is 1.43. The van der Waals surface area contributed by atoms with Crippen molar-refractivity contribution in [1.82, 2.24) is 4.98 Å². The minimum Gasteiger partial charge on any atom is -0.284 e. The topological polar surface area (TPSA) is 59.1 Å². The summed E-state index contributed by atoms with van der Waals surface area (Å²) in [6.45, 7) is 1.94. The van der Waals surface area contributed by atoms with Gasteiger partial charge in [0.2, 0.25) is 10.0 Å². The van der Waals surface area contributed by atoms with Gasteiger partial charge in [-0.2, -0.15) is 0 Å². The molecule has 0 spiro atoms. The van der Waals surface area contributed by atoms with Crippen LogP contribution in [-0.2, 0) is 10.0 Å². The monoisotopic (exact) mass is 392 g/mol. The average Bonchev–Trinajstić information content (AvgIpc) is 2.96. The second kappa shape index (κ2) is 8.21. The number of nitrogens with zero attached hydrogens (tertiary/aromatic N) is 1. The first-order valence-electron chi connectivity index (χ1n) is 8.07. The highest BCUT2D eigenvalue weighted by molar-refractivity contribution is 8.01. The molecule has 2 aromatic carbocycles. The third-order valence-electron chi connectivity index (χ3n) is 3.60. The molecule has 0 bridgehead atoms. The van der Waals surface area contributed by atoms with Gasteiger partial charge in [-0.15, -0.1) is 11.3 Å². The van der Waals surface area contributed by atoms with E-state index in [9.17, 15) is 8.42 Å². The summed E-state index contributed by atoms with van der Waals surface area (Å²) in [6.07, 6.45) is 1.48. The Morgan fingerprint density at radius 1 is 1.12 bits per heavy atom. The first-order chi connectivity index (χ1) is 12.0. The van der Waals surface area contributed by atoms with Gasteiger partial charge in [0.25, 0.3) is 0 Å². The first-order valence-corrected chi connectivity index (χ1v) is 11.5. The van der Waals surface area contributed by atoms with Crippen molar-refractivity contribution < 1.29 is 8.42 Å². The summed E-state index contributed by atoms with van der Waals surface area (Å²) in [5.41, 5.74) is 2.69. The Bertz CT molecular complexity index is 919. The highest BCUT2D eigenvalue weighted by Gasteiger charge is 2.10. The summed E-state index contributed by atoms with van der Waals surface area (Å²) in [4.78, 5) is 4.57. The predicted octanol–water partition coefficient (Wildman–Crippen LogP) is 4.92. The first kappa shape index (κ1) is 18.2. The Kier molecular flexibility index (Phi) is 5.98. The highest BCUT2D eigenvalue weighted by atomic mass is 32.2. The zero-order valence-electron chi connectivity index (χ0n) is 13.9. The van der Waals surface area contributed by atoms with Gasteiger partial charge >= 0.3 is 0 Å². The Morgan fingerprint density at radius 3 is 2.76 bits per heavy atom. The molecule has 0 aliphatic heterocycles. The third kappa shape index (κ3) is 5.45. The maximum atomic E-state index is 12.1. The zero-order valence-corrected chi connectivity index (χ0v) is 16.4. The van der Waals surface area contributed by atoms with Gasteiger partial charge < -0.3 is 0 Å². The molecule has 1 heterocycles. The van der Waals surface area contributed by atoms with Crippen LogP contribution in [0.25, 0.3) is 10.2 Å². The molecule has 0 aliphatic rings. The van der Waals surface area contributed by atoms with Crippen molar-refractivity contribution in [2.45, 2.75) is 24.1 Å². The molecule has 0 radical (unpaired) electrons. The van der Waals surface area contributed by atoms with Crippen molar-refractivity contribution in [2.75, 3.05) is 16.2 Å². The van der Waals surface area contributed by atoms with Crippen LogP contribution in [0.5, 0.6) is 0 Å². The molecular weight excluding hydrogens is 372 g/mol. The largest absolute Gasteiger partial charge is 0.284 e. The van der Waals surface area contributed by atoms with Crippen LogP contribution in [-0.4, -0.2) is 24.9 Å². The van der Waals surface area contributed by atoms with Gasteiger partial charge in [0, 0.05) is 11.4 Å². The molecule has 0 aliphatic carbocycles. The Morgan fingerprint density at radius 2 is 1.96 bits per heavy atom. The molecule has 1 aromatic heterocycles. The molecule has 132 valence electrons. The number of sulfonamides is 1. The lowest BCUT2D eigenvalue weighted by Crippen LogP contribution is -2.16. The number of para-hydroxylation sites is 1. The number of nitrogens with one attached hydrogen (secondary N) is 1. The van der Waals surface area contributed by atoms with Crippen LogP contribution in [0.3, 0.4) is 0 Å². The number of aryl methyl sites for hydroxylation is 1. The number of anilines is 1. The van der Waals surface area contributed by atoms with Crippen LogP contribution in [0.2, 0.25) is 0 Å². The number of thioether (sulfide) groups is 1. The summed E-state index contributed by atoms with van der Waals surface area (Å²) >= 11 is 3.38. The summed E-state index contributed by atoms with van der Waals surface area (Å²) in [5.74, 6) is 1.02. The minimum absolute atomic E-state index is 0.140. The van der Waals surface area contributed by atoms with E-state index in [-0.39, 0.29) is 5.75 Å². The van der Waals surface area contributed by atoms with Crippen molar-refractivity contribution in [3.05, 3.63) is 54.1 Å². The maximum absolute atomic E-state index is 12.1. The maximum Gasteiger partial charge on any atom is 0.232 e. The number of unbranched alkanes of at least 4 members (excludes halogenated alkanes) is 1. The molecule has 3 rings (SSSR count). The summed E-state index contributed by atoms with van der Waals surface area (Å²) in [7, 11) is -3.29. The van der Waals surface area contributed by atoms with Crippen LogP contribution in [0.1, 0.15) is 18.4 Å². The second-order valence-corrected chi connectivity index (χ2v) is 10.0. The molecule has 0 atom stereocenters. The molecule has 0 unspecified atom stereocenters. The van der Waals surface area contributed by atoms with E-state index in [2.05, 4.69) is 15.8 Å². The van der Waals surface area contributed by atoms with Gasteiger partial charge in [-0.05, 0) is 49.6 Å². The lowest BCUT2D eigenvalue weighted by molar-refractivity contribution is 0.598. The number of benzene rings is 2. The Hall–Kier alpha value is -1.57. The molecule has 25 heavy (non-hydrogen) atoms. The van der Waals surface area contributed by atoms with Crippen LogP contribution in [0.4, 0.5) is 5.69 Å². The normalized spacial score (nSPS) is 11.7. The standard InChI is InChI=1S/C18H20N2O2S3/c1-14-7-6-8-15(13-14)20-25(21,22)12-5-4-11-23-18-19-16-9-2-3-10-17(16)24-18/h2-3,6-10,13,20H,4-5,11-12H2,1H3. The second-order valence-electron chi connectivity index (χ2n) is 5.79. The van der Waals surface area contributed by atoms with Gasteiger partial charge in [-0.3, -0.25) is 4.72 Å². The van der Waals surface area contributed by atoms with Gasteiger partial charge in [0.05, 0.1) is 16.0 Å². The molecule has 0 amide bonds. The fourth-order valence-electron chi connectivity index (χ4n) is 2.41. The number of hydrogen-bond acceptors (Lipinski definition) is 5. The van der Waals surface area contributed by atoms with E-state index in [0.29, 0.717) is 12.1 Å². The summed E-state index contributed by atoms with van der Waals surface area (Å²) in [6, 6.07) is 15.5. The van der Waals surface area contributed by atoms with E-state index in [1.807, 2.05) is 43.3 Å². The number of aromatic nitrogens is 1. The molecule has 1 N–H and O–H groups in total.